The Balaban J connectivity index is 1.19. The van der Waals surface area contributed by atoms with Gasteiger partial charge in [-0.25, -0.2) is 4.79 Å². The predicted octanol–water partition coefficient (Wildman–Crippen LogP) is 2.70. The van der Waals surface area contributed by atoms with E-state index < -0.39 is 0 Å². The summed E-state index contributed by atoms with van der Waals surface area (Å²) >= 11 is 1.50. The molecule has 4 fully saturated rings. The number of carbonyl (C=O) groups excluding carboxylic acids is 3. The summed E-state index contributed by atoms with van der Waals surface area (Å²) in [6.45, 7) is 5.49. The van der Waals surface area contributed by atoms with Crippen LogP contribution in [0, 0.1) is 5.92 Å². The van der Waals surface area contributed by atoms with Gasteiger partial charge in [0, 0.05) is 36.4 Å². The molecule has 0 radical (unpaired) electrons. The minimum atomic E-state index is -0.210. The van der Waals surface area contributed by atoms with Gasteiger partial charge in [-0.3, -0.25) is 14.5 Å². The van der Waals surface area contributed by atoms with Crippen molar-refractivity contribution in [2.24, 2.45) is 5.92 Å². The van der Waals surface area contributed by atoms with Gasteiger partial charge in [-0.15, -0.1) is 0 Å². The number of ether oxygens (including phenoxy) is 1. The second-order valence-corrected chi connectivity index (χ2v) is 11.5. The molecule has 0 bridgehead atoms. The molecular formula is C27H33N5O4S. The summed E-state index contributed by atoms with van der Waals surface area (Å²) in [6, 6.07) is 7.42. The zero-order valence-electron chi connectivity index (χ0n) is 20.8. The summed E-state index contributed by atoms with van der Waals surface area (Å²) in [7, 11) is 0. The number of nitrogens with one attached hydrogen (secondary N) is 3. The molecule has 10 heteroatoms. The molecule has 9 nitrogen and oxygen atoms in total. The van der Waals surface area contributed by atoms with Gasteiger partial charge in [-0.1, -0.05) is 18.3 Å². The summed E-state index contributed by atoms with van der Waals surface area (Å²) < 4.78 is 5.99. The molecule has 1 saturated carbocycles. The number of rotatable bonds is 6. The number of hydrogen-bond donors (Lipinski definition) is 3. The van der Waals surface area contributed by atoms with Crippen molar-refractivity contribution in [2.45, 2.75) is 62.1 Å². The monoisotopic (exact) mass is 523 g/mol. The number of urea groups is 1. The third-order valence-electron chi connectivity index (χ3n) is 8.06. The molecule has 3 N–H and O–H groups in total. The Morgan fingerprint density at radius 1 is 1.14 bits per heavy atom. The maximum Gasteiger partial charge on any atom is 0.326 e. The van der Waals surface area contributed by atoms with E-state index in [0.29, 0.717) is 29.8 Å². The van der Waals surface area contributed by atoms with Crippen molar-refractivity contribution < 1.29 is 19.1 Å². The predicted molar refractivity (Wildman–Crippen MR) is 142 cm³/mol. The van der Waals surface area contributed by atoms with Crippen LogP contribution in [0.1, 0.15) is 38.5 Å². The van der Waals surface area contributed by atoms with Crippen molar-refractivity contribution in [1.82, 2.24) is 20.9 Å². The molecule has 4 amide bonds. The topological polar surface area (TPSA) is 103 Å². The van der Waals surface area contributed by atoms with Crippen molar-refractivity contribution in [3.63, 3.8) is 0 Å². The lowest BCUT2D eigenvalue weighted by atomic mass is 9.86. The Bertz CT molecular complexity index is 1130. The Kier molecular flexibility index (Phi) is 6.62. The molecule has 3 unspecified atom stereocenters. The van der Waals surface area contributed by atoms with Crippen LogP contribution < -0.4 is 25.6 Å². The van der Waals surface area contributed by atoms with Gasteiger partial charge in [-0.05, 0) is 75.4 Å². The smallest absolute Gasteiger partial charge is 0.326 e. The van der Waals surface area contributed by atoms with E-state index in [0.717, 1.165) is 50.1 Å². The minimum absolute atomic E-state index is 0.00620. The molecular weight excluding hydrogens is 490 g/mol. The van der Waals surface area contributed by atoms with E-state index in [1.165, 1.54) is 24.3 Å². The van der Waals surface area contributed by atoms with E-state index in [1.807, 2.05) is 29.2 Å². The van der Waals surface area contributed by atoms with Crippen LogP contribution in [0.5, 0.6) is 5.75 Å². The summed E-state index contributed by atoms with van der Waals surface area (Å²) in [4.78, 5) is 43.0. The van der Waals surface area contributed by atoms with Crippen LogP contribution >= 0.6 is 11.8 Å². The van der Waals surface area contributed by atoms with Gasteiger partial charge in [0.1, 0.15) is 5.75 Å². The number of hydrogen-bond acceptors (Lipinski definition) is 6. The Labute approximate surface area is 221 Å². The number of benzene rings is 1. The summed E-state index contributed by atoms with van der Waals surface area (Å²) in [5, 5.41) is 9.74. The highest BCUT2D eigenvalue weighted by molar-refractivity contribution is 8.04. The number of likely N-dealkylation sites (tertiary alicyclic amines) is 1. The van der Waals surface area contributed by atoms with Crippen molar-refractivity contribution >= 4 is 35.3 Å². The first-order chi connectivity index (χ1) is 18.0. The average molecular weight is 524 g/mol. The average Bonchev–Trinajstić information content (AvgIpc) is 3.26. The molecule has 3 saturated heterocycles. The largest absolute Gasteiger partial charge is 0.490 e. The van der Waals surface area contributed by atoms with Crippen LogP contribution in [0.15, 0.2) is 47.5 Å². The fraction of sp³-hybridized carbons (Fsp3) is 0.519. The van der Waals surface area contributed by atoms with Gasteiger partial charge in [0.25, 0.3) is 5.91 Å². The van der Waals surface area contributed by atoms with Crippen LogP contribution in [0.3, 0.4) is 0 Å². The second-order valence-electron chi connectivity index (χ2n) is 10.4. The van der Waals surface area contributed by atoms with E-state index in [-0.39, 0.29) is 41.2 Å². The number of amides is 4. The lowest BCUT2D eigenvalue weighted by molar-refractivity contribution is -0.128. The highest BCUT2D eigenvalue weighted by atomic mass is 32.2. The van der Waals surface area contributed by atoms with Crippen molar-refractivity contribution in [3.8, 4) is 5.75 Å². The molecule has 1 aromatic rings. The number of anilines is 1. The van der Waals surface area contributed by atoms with E-state index in [1.54, 1.807) is 4.90 Å². The molecule has 0 aromatic heterocycles. The molecule has 4 heterocycles. The van der Waals surface area contributed by atoms with E-state index in [4.69, 9.17) is 4.74 Å². The minimum Gasteiger partial charge on any atom is -0.490 e. The Morgan fingerprint density at radius 2 is 1.95 bits per heavy atom. The summed E-state index contributed by atoms with van der Waals surface area (Å²) in [5.41, 5.74) is 1.55. The lowest BCUT2D eigenvalue weighted by Gasteiger charge is -2.45. The van der Waals surface area contributed by atoms with Crippen LogP contribution in [-0.4, -0.2) is 65.9 Å². The summed E-state index contributed by atoms with van der Waals surface area (Å²) in [6.07, 6.45) is 7.48. The van der Waals surface area contributed by atoms with Crippen LogP contribution in [0.25, 0.3) is 0 Å². The quantitative estimate of drug-likeness (QED) is 0.496. The maximum atomic E-state index is 13.4. The fourth-order valence-corrected chi connectivity index (χ4v) is 7.36. The number of nitrogens with zero attached hydrogens (tertiary/aromatic N) is 2. The van der Waals surface area contributed by atoms with Crippen molar-refractivity contribution in [3.05, 3.63) is 47.5 Å². The number of thioether (sulfide) groups is 1. The van der Waals surface area contributed by atoms with Gasteiger partial charge in [-0.2, -0.15) is 0 Å². The zero-order valence-corrected chi connectivity index (χ0v) is 21.6. The van der Waals surface area contributed by atoms with Gasteiger partial charge in [0.05, 0.1) is 22.4 Å². The molecule has 1 aliphatic carbocycles. The standard InChI is InChI=1S/C27H33N5O4S/c1-2-21(33)31-14-4-5-16(15-31)29-25(34)24-23-22-20(12-13-28-26(22)37-24)32(27(35)30-23)17-8-10-19(11-9-17)36-18-6-3-7-18/h2,8-11,16,18,20,22,26,28H,1,3-7,12-15H2,(H,29,34)(H,30,35)/t16-,20?,22?,26?/m1/s1. The SMILES string of the molecule is C=CC(=O)N1CCC[C@@H](NC(=O)C2=C3NC(=O)N(c4ccc(OC5CCC5)cc4)C4CCNC(S2)C34)C1. The fourth-order valence-electron chi connectivity index (χ4n) is 5.96. The highest BCUT2D eigenvalue weighted by Crippen LogP contribution is 2.48. The van der Waals surface area contributed by atoms with Crippen LogP contribution in [0.2, 0.25) is 0 Å². The van der Waals surface area contributed by atoms with Crippen molar-refractivity contribution in [1.29, 1.82) is 0 Å². The van der Waals surface area contributed by atoms with Gasteiger partial charge in [0.15, 0.2) is 0 Å². The van der Waals surface area contributed by atoms with Crippen LogP contribution in [-0.2, 0) is 9.59 Å². The first kappa shape index (κ1) is 24.4. The second kappa shape index (κ2) is 10.1. The molecule has 37 heavy (non-hydrogen) atoms. The van der Waals surface area contributed by atoms with E-state index >= 15 is 0 Å². The third-order valence-corrected chi connectivity index (χ3v) is 9.41. The zero-order chi connectivity index (χ0) is 25.5. The summed E-state index contributed by atoms with van der Waals surface area (Å²) in [5.74, 6) is 0.532. The molecule has 6 rings (SSSR count). The molecule has 4 aliphatic heterocycles. The van der Waals surface area contributed by atoms with Gasteiger partial charge in [0.2, 0.25) is 5.91 Å². The van der Waals surface area contributed by atoms with Gasteiger partial charge < -0.3 is 25.6 Å². The van der Waals surface area contributed by atoms with Crippen LogP contribution in [0.4, 0.5) is 10.5 Å². The molecule has 5 aliphatic rings. The molecule has 4 atom stereocenters. The van der Waals surface area contributed by atoms with E-state index in [2.05, 4.69) is 22.5 Å². The maximum absolute atomic E-state index is 13.4. The number of piperidine rings is 2. The van der Waals surface area contributed by atoms with Gasteiger partial charge >= 0.3 is 6.03 Å². The first-order valence-corrected chi connectivity index (χ1v) is 14.1. The molecule has 196 valence electrons. The van der Waals surface area contributed by atoms with Crippen molar-refractivity contribution in [2.75, 3.05) is 24.5 Å². The molecule has 0 spiro atoms. The molecule has 1 aromatic carbocycles. The normalized spacial score (nSPS) is 29.2. The highest BCUT2D eigenvalue weighted by Gasteiger charge is 2.51. The Hall–Kier alpha value is -2.98. The van der Waals surface area contributed by atoms with E-state index in [9.17, 15) is 14.4 Å². The Morgan fingerprint density at radius 3 is 2.68 bits per heavy atom. The lowest BCUT2D eigenvalue weighted by Crippen LogP contribution is -2.62. The first-order valence-electron chi connectivity index (χ1n) is 13.2. The third kappa shape index (κ3) is 4.61. The number of carbonyl (C=O) groups is 3.